The third-order valence-corrected chi connectivity index (χ3v) is 5.30. The van der Waals surface area contributed by atoms with Gasteiger partial charge < -0.3 is 16.0 Å². The van der Waals surface area contributed by atoms with Gasteiger partial charge in [-0.05, 0) is 23.8 Å². The second-order valence-electron chi connectivity index (χ2n) is 6.67. The van der Waals surface area contributed by atoms with Crippen molar-refractivity contribution in [3.8, 4) is 0 Å². The zero-order chi connectivity index (χ0) is 15.6. The standard InChI is InChI=1S/C16H25N3OS/c1-5-7-18-15(20)14-12(17)9-13(21-14)19-8-6-11(10-19)16(2,3)4/h5,9,11H,1,6-8,10,17H2,2-4H3,(H,18,20). The van der Waals surface area contributed by atoms with Crippen LogP contribution >= 0.6 is 11.3 Å². The Bertz CT molecular complexity index is 530. The summed E-state index contributed by atoms with van der Waals surface area (Å²) in [6, 6.07) is 1.93. The topological polar surface area (TPSA) is 58.4 Å². The quantitative estimate of drug-likeness (QED) is 0.840. The summed E-state index contributed by atoms with van der Waals surface area (Å²) in [5, 5.41) is 3.88. The van der Waals surface area contributed by atoms with Crippen molar-refractivity contribution in [3.63, 3.8) is 0 Å². The van der Waals surface area contributed by atoms with E-state index in [1.165, 1.54) is 17.8 Å². The lowest BCUT2D eigenvalue weighted by Gasteiger charge is -2.27. The Kier molecular flexibility index (Phi) is 4.61. The van der Waals surface area contributed by atoms with Crippen molar-refractivity contribution in [2.45, 2.75) is 27.2 Å². The van der Waals surface area contributed by atoms with Crippen LogP contribution in [0.2, 0.25) is 0 Å². The van der Waals surface area contributed by atoms with E-state index in [0.29, 0.717) is 28.4 Å². The summed E-state index contributed by atoms with van der Waals surface area (Å²) in [7, 11) is 0. The first-order valence-corrected chi connectivity index (χ1v) is 8.18. The van der Waals surface area contributed by atoms with Gasteiger partial charge in [-0.1, -0.05) is 26.8 Å². The zero-order valence-corrected chi connectivity index (χ0v) is 13.9. The normalized spacial score (nSPS) is 18.8. The van der Waals surface area contributed by atoms with Gasteiger partial charge in [0.1, 0.15) is 4.88 Å². The molecule has 3 N–H and O–H groups in total. The Morgan fingerprint density at radius 3 is 2.90 bits per heavy atom. The number of nitrogen functional groups attached to an aromatic ring is 1. The molecule has 1 unspecified atom stereocenters. The molecule has 1 aromatic rings. The highest BCUT2D eigenvalue weighted by atomic mass is 32.1. The van der Waals surface area contributed by atoms with Gasteiger partial charge in [-0.2, -0.15) is 0 Å². The molecule has 1 aromatic heterocycles. The predicted molar refractivity (Wildman–Crippen MR) is 91.0 cm³/mol. The largest absolute Gasteiger partial charge is 0.397 e. The molecular formula is C16H25N3OS. The molecule has 1 aliphatic heterocycles. The molecule has 1 saturated heterocycles. The lowest BCUT2D eigenvalue weighted by molar-refractivity contribution is 0.0963. The number of nitrogens with one attached hydrogen (secondary N) is 1. The molecule has 4 nitrogen and oxygen atoms in total. The monoisotopic (exact) mass is 307 g/mol. The highest BCUT2D eigenvalue weighted by Gasteiger charge is 2.32. The maximum Gasteiger partial charge on any atom is 0.263 e. The average Bonchev–Trinajstić information content (AvgIpc) is 3.01. The van der Waals surface area contributed by atoms with Crippen LogP contribution in [0.5, 0.6) is 0 Å². The molecule has 2 rings (SSSR count). The van der Waals surface area contributed by atoms with Gasteiger partial charge in [-0.15, -0.1) is 17.9 Å². The first-order valence-electron chi connectivity index (χ1n) is 7.36. The first kappa shape index (κ1) is 15.9. The number of nitrogens with zero attached hydrogens (tertiary/aromatic N) is 1. The van der Waals surface area contributed by atoms with Crippen LogP contribution in [-0.2, 0) is 0 Å². The Morgan fingerprint density at radius 1 is 1.62 bits per heavy atom. The number of carbonyl (C=O) groups is 1. The van der Waals surface area contributed by atoms with Crippen LogP contribution in [0.15, 0.2) is 18.7 Å². The van der Waals surface area contributed by atoms with Gasteiger partial charge in [0, 0.05) is 19.6 Å². The lowest BCUT2D eigenvalue weighted by Crippen LogP contribution is -2.25. The van der Waals surface area contributed by atoms with Gasteiger partial charge in [-0.3, -0.25) is 4.79 Å². The van der Waals surface area contributed by atoms with Crippen LogP contribution in [0.1, 0.15) is 36.9 Å². The van der Waals surface area contributed by atoms with E-state index < -0.39 is 0 Å². The molecule has 5 heteroatoms. The molecule has 0 aliphatic carbocycles. The van der Waals surface area contributed by atoms with E-state index in [1.54, 1.807) is 6.08 Å². The number of thiophene rings is 1. The fourth-order valence-corrected chi connectivity index (χ4v) is 3.67. The molecule has 0 aromatic carbocycles. The second kappa shape index (κ2) is 6.10. The molecule has 1 amide bonds. The van der Waals surface area contributed by atoms with Gasteiger partial charge in [0.2, 0.25) is 0 Å². The Balaban J connectivity index is 2.09. The van der Waals surface area contributed by atoms with Crippen LogP contribution in [-0.4, -0.2) is 25.5 Å². The van der Waals surface area contributed by atoms with Crippen molar-refractivity contribution in [1.29, 1.82) is 0 Å². The Labute approximate surface area is 131 Å². The van der Waals surface area contributed by atoms with Crippen LogP contribution in [0, 0.1) is 11.3 Å². The molecule has 21 heavy (non-hydrogen) atoms. The third-order valence-electron chi connectivity index (χ3n) is 4.09. The molecule has 116 valence electrons. The van der Waals surface area contributed by atoms with Gasteiger partial charge in [0.05, 0.1) is 10.7 Å². The van der Waals surface area contributed by atoms with Crippen molar-refractivity contribution in [2.75, 3.05) is 30.3 Å². The molecular weight excluding hydrogens is 282 g/mol. The summed E-state index contributed by atoms with van der Waals surface area (Å²) in [6.45, 7) is 13.0. The van der Waals surface area contributed by atoms with E-state index in [-0.39, 0.29) is 5.91 Å². The summed E-state index contributed by atoms with van der Waals surface area (Å²) in [6.07, 6.45) is 2.86. The Morgan fingerprint density at radius 2 is 2.33 bits per heavy atom. The van der Waals surface area contributed by atoms with Crippen LogP contribution < -0.4 is 16.0 Å². The summed E-state index contributed by atoms with van der Waals surface area (Å²) in [5.74, 6) is 0.564. The smallest absolute Gasteiger partial charge is 0.263 e. The fourth-order valence-electron chi connectivity index (χ4n) is 2.64. The molecule has 2 heterocycles. The maximum atomic E-state index is 12.0. The molecule has 0 bridgehead atoms. The minimum Gasteiger partial charge on any atom is -0.397 e. The number of hydrogen-bond donors (Lipinski definition) is 2. The second-order valence-corrected chi connectivity index (χ2v) is 7.70. The summed E-state index contributed by atoms with van der Waals surface area (Å²) in [4.78, 5) is 15.0. The maximum absolute atomic E-state index is 12.0. The summed E-state index contributed by atoms with van der Waals surface area (Å²) in [5.41, 5.74) is 6.89. The van der Waals surface area contributed by atoms with Crippen molar-refractivity contribution in [2.24, 2.45) is 11.3 Å². The van der Waals surface area contributed by atoms with Crippen molar-refractivity contribution < 1.29 is 4.79 Å². The lowest BCUT2D eigenvalue weighted by atomic mass is 9.80. The summed E-state index contributed by atoms with van der Waals surface area (Å²) < 4.78 is 0. The molecule has 0 radical (unpaired) electrons. The van der Waals surface area contributed by atoms with E-state index in [9.17, 15) is 4.79 Å². The van der Waals surface area contributed by atoms with Gasteiger partial charge in [-0.25, -0.2) is 0 Å². The average molecular weight is 307 g/mol. The number of amides is 1. The number of carbonyl (C=O) groups excluding carboxylic acids is 1. The van der Waals surface area contributed by atoms with E-state index in [2.05, 4.69) is 37.6 Å². The van der Waals surface area contributed by atoms with Gasteiger partial charge in [0.25, 0.3) is 5.91 Å². The number of anilines is 2. The number of hydrogen-bond acceptors (Lipinski definition) is 4. The van der Waals surface area contributed by atoms with E-state index >= 15 is 0 Å². The van der Waals surface area contributed by atoms with Crippen molar-refractivity contribution >= 4 is 27.9 Å². The fraction of sp³-hybridized carbons (Fsp3) is 0.562. The molecule has 0 spiro atoms. The van der Waals surface area contributed by atoms with E-state index in [1.807, 2.05) is 6.07 Å². The highest BCUT2D eigenvalue weighted by Crippen LogP contribution is 2.39. The Hall–Kier alpha value is -1.49. The minimum absolute atomic E-state index is 0.116. The van der Waals surface area contributed by atoms with Crippen LogP contribution in [0.4, 0.5) is 10.7 Å². The predicted octanol–water partition coefficient (Wildman–Crippen LogP) is 3.12. The third kappa shape index (κ3) is 3.59. The molecule has 1 atom stereocenters. The van der Waals surface area contributed by atoms with Gasteiger partial charge in [0.15, 0.2) is 0 Å². The molecule has 0 saturated carbocycles. The van der Waals surface area contributed by atoms with E-state index in [4.69, 9.17) is 5.73 Å². The number of rotatable bonds is 4. The highest BCUT2D eigenvalue weighted by molar-refractivity contribution is 7.18. The first-order chi connectivity index (χ1) is 9.82. The molecule has 1 fully saturated rings. The molecule has 1 aliphatic rings. The summed E-state index contributed by atoms with van der Waals surface area (Å²) >= 11 is 1.48. The van der Waals surface area contributed by atoms with Crippen LogP contribution in [0.3, 0.4) is 0 Å². The SMILES string of the molecule is C=CCNC(=O)c1sc(N2CCC(C(C)(C)C)C2)cc1N. The van der Waals surface area contributed by atoms with Gasteiger partial charge >= 0.3 is 0 Å². The van der Waals surface area contributed by atoms with Crippen molar-refractivity contribution in [1.82, 2.24) is 5.32 Å². The van der Waals surface area contributed by atoms with Crippen molar-refractivity contribution in [3.05, 3.63) is 23.6 Å². The van der Waals surface area contributed by atoms with E-state index in [0.717, 1.165) is 18.1 Å². The zero-order valence-electron chi connectivity index (χ0n) is 13.1. The minimum atomic E-state index is -0.116. The number of nitrogens with two attached hydrogens (primary N) is 1. The van der Waals surface area contributed by atoms with Crippen LogP contribution in [0.25, 0.3) is 0 Å².